The molecule has 6 nitrogen and oxygen atoms in total. The van der Waals surface area contributed by atoms with Gasteiger partial charge >= 0.3 is 5.97 Å². The van der Waals surface area contributed by atoms with E-state index in [0.717, 1.165) is 5.06 Å². The van der Waals surface area contributed by atoms with Crippen LogP contribution < -0.4 is 5.73 Å². The van der Waals surface area contributed by atoms with E-state index in [2.05, 4.69) is 5.73 Å². The molecule has 0 amide bonds. The third-order valence-electron chi connectivity index (χ3n) is 0.230. The van der Waals surface area contributed by atoms with Crippen molar-refractivity contribution in [3.63, 3.8) is 0 Å². The Morgan fingerprint density at radius 1 is 1.60 bits per heavy atom. The smallest absolute Gasteiger partial charge is 0.370 e. The number of carbonyl (C=O) groups is 1. The van der Waals surface area contributed by atoms with Crippen molar-refractivity contribution in [1.82, 2.24) is 5.06 Å². The first kappa shape index (κ1) is 11.6. The number of nitrogens with zero attached hydrogens (tertiary/aromatic N) is 1. The van der Waals surface area contributed by atoms with Crippen LogP contribution in [0, 0.1) is 5.41 Å². The van der Waals surface area contributed by atoms with Gasteiger partial charge in [-0.1, -0.05) is 0 Å². The Hall–Kier alpha value is -1.14. The first-order valence-electron chi connectivity index (χ1n) is 2.31. The van der Waals surface area contributed by atoms with Crippen molar-refractivity contribution in [1.29, 1.82) is 5.41 Å². The summed E-state index contributed by atoms with van der Waals surface area (Å²) in [5.74, 6) is -2.20. The van der Waals surface area contributed by atoms with Gasteiger partial charge in [-0.2, -0.15) is 5.06 Å². The zero-order valence-electron chi connectivity index (χ0n) is 5.83. The summed E-state index contributed by atoms with van der Waals surface area (Å²) in [6, 6.07) is 0. The molecule has 0 aromatic rings. The van der Waals surface area contributed by atoms with Crippen LogP contribution in [0.3, 0.4) is 0 Å². The minimum absolute atomic E-state index is 0.824. The molecule has 0 saturated carbocycles. The second-order valence-corrected chi connectivity index (χ2v) is 1.57. The fourth-order valence-electron chi connectivity index (χ4n) is 0. The number of aliphatic carboxylic acids is 1. The second kappa shape index (κ2) is 5.99. The molecule has 0 radical (unpaired) electrons. The zero-order valence-corrected chi connectivity index (χ0v) is 5.83. The monoisotopic (exact) mass is 149 g/mol. The SMILES string of the molecule is CN(C)O.N=C(N)C(=O)O. The number of rotatable bonds is 0. The molecule has 10 heavy (non-hydrogen) atoms. The van der Waals surface area contributed by atoms with Gasteiger partial charge in [0.2, 0.25) is 5.84 Å². The summed E-state index contributed by atoms with van der Waals surface area (Å²) in [6.07, 6.45) is 0. The van der Waals surface area contributed by atoms with Crippen molar-refractivity contribution in [2.24, 2.45) is 5.73 Å². The normalized spacial score (nSPS) is 8.00. The summed E-state index contributed by atoms with van der Waals surface area (Å²) >= 11 is 0. The van der Waals surface area contributed by atoms with E-state index in [0.29, 0.717) is 0 Å². The van der Waals surface area contributed by atoms with Crippen molar-refractivity contribution in [3.05, 3.63) is 0 Å². The highest BCUT2D eigenvalue weighted by atomic mass is 16.5. The van der Waals surface area contributed by atoms with Crippen LogP contribution >= 0.6 is 0 Å². The average Bonchev–Trinajstić information content (AvgIpc) is 1.63. The van der Waals surface area contributed by atoms with E-state index in [1.807, 2.05) is 0 Å². The Kier molecular flexibility index (Phi) is 6.96. The fraction of sp³-hybridized carbons (Fsp3) is 0.500. The molecule has 0 unspecified atom stereocenters. The molecule has 0 aromatic heterocycles. The summed E-state index contributed by atoms with van der Waals surface area (Å²) in [7, 11) is 3.11. The lowest BCUT2D eigenvalue weighted by molar-refractivity contribution is -0.129. The van der Waals surface area contributed by atoms with Crippen LogP contribution in [-0.4, -0.2) is 41.3 Å². The van der Waals surface area contributed by atoms with Crippen LogP contribution in [0.1, 0.15) is 0 Å². The molecule has 0 aliphatic carbocycles. The summed E-state index contributed by atoms with van der Waals surface area (Å²) in [5, 5.41) is 22.7. The third-order valence-corrected chi connectivity index (χ3v) is 0.230. The third kappa shape index (κ3) is 28.8. The molecule has 0 bridgehead atoms. The maximum atomic E-state index is 9.35. The molecule has 0 saturated heterocycles. The summed E-state index contributed by atoms with van der Waals surface area (Å²) in [5.41, 5.74) is 4.42. The number of hydrogen-bond acceptors (Lipinski definition) is 4. The van der Waals surface area contributed by atoms with Gasteiger partial charge in [-0.05, 0) is 0 Å². The minimum atomic E-state index is -1.38. The van der Waals surface area contributed by atoms with E-state index in [1.165, 1.54) is 0 Å². The molecular formula is C4H11N3O3. The molecule has 0 spiro atoms. The number of amidine groups is 1. The van der Waals surface area contributed by atoms with Crippen LogP contribution in [0.15, 0.2) is 0 Å². The van der Waals surface area contributed by atoms with Gasteiger partial charge in [-0.25, -0.2) is 4.79 Å². The van der Waals surface area contributed by atoms with Crippen LogP contribution in [0.4, 0.5) is 0 Å². The Balaban J connectivity index is 0. The van der Waals surface area contributed by atoms with Crippen molar-refractivity contribution in [2.75, 3.05) is 14.1 Å². The predicted octanol–water partition coefficient (Wildman–Crippen LogP) is -1.06. The van der Waals surface area contributed by atoms with Crippen LogP contribution in [0.2, 0.25) is 0 Å². The molecule has 60 valence electrons. The topological polar surface area (TPSA) is 111 Å². The zero-order chi connectivity index (χ0) is 8.73. The maximum Gasteiger partial charge on any atom is 0.370 e. The molecule has 5 N–H and O–H groups in total. The van der Waals surface area contributed by atoms with E-state index in [4.69, 9.17) is 15.7 Å². The summed E-state index contributed by atoms with van der Waals surface area (Å²) in [4.78, 5) is 9.35. The van der Waals surface area contributed by atoms with E-state index in [1.54, 1.807) is 14.1 Å². The van der Waals surface area contributed by atoms with Crippen molar-refractivity contribution in [3.8, 4) is 0 Å². The average molecular weight is 149 g/mol. The quantitative estimate of drug-likeness (QED) is 0.199. The standard InChI is InChI=1S/C2H4N2O2.C2H7NO/c3-1(4)2(5)6;1-3(2)4/h(H3,3,4)(H,5,6);4H,1-2H3. The lowest BCUT2D eigenvalue weighted by Gasteiger charge is -1.89. The van der Waals surface area contributed by atoms with E-state index < -0.39 is 11.8 Å². The largest absolute Gasteiger partial charge is 0.475 e. The van der Waals surface area contributed by atoms with Gasteiger partial charge in [-0.15, -0.1) is 0 Å². The Labute approximate surface area is 58.3 Å². The molecule has 0 aliphatic rings. The molecule has 0 heterocycles. The van der Waals surface area contributed by atoms with Gasteiger partial charge in [0.05, 0.1) is 0 Å². The molecule has 0 aromatic carbocycles. The highest BCUT2D eigenvalue weighted by Crippen LogP contribution is 1.52. The summed E-state index contributed by atoms with van der Waals surface area (Å²) < 4.78 is 0. The molecule has 6 heteroatoms. The molecule has 0 fully saturated rings. The lowest BCUT2D eigenvalue weighted by Crippen LogP contribution is -2.20. The Morgan fingerprint density at radius 2 is 1.70 bits per heavy atom. The number of carboxylic acid groups (broad SMARTS) is 1. The Morgan fingerprint density at radius 3 is 1.70 bits per heavy atom. The lowest BCUT2D eigenvalue weighted by atomic mass is 10.6. The highest BCUT2D eigenvalue weighted by Gasteiger charge is 1.94. The number of hydrogen-bond donors (Lipinski definition) is 4. The van der Waals surface area contributed by atoms with Gasteiger partial charge in [0, 0.05) is 14.1 Å². The fourth-order valence-corrected chi connectivity index (χ4v) is 0. The molecule has 0 rings (SSSR count). The van der Waals surface area contributed by atoms with Crippen LogP contribution in [-0.2, 0) is 4.79 Å². The highest BCUT2D eigenvalue weighted by molar-refractivity contribution is 6.32. The van der Waals surface area contributed by atoms with E-state index in [-0.39, 0.29) is 0 Å². The number of hydroxylamine groups is 2. The predicted molar refractivity (Wildman–Crippen MR) is 35.0 cm³/mol. The first-order chi connectivity index (χ1) is 4.37. The number of carboxylic acids is 1. The number of nitrogens with one attached hydrogen (secondary N) is 1. The molecular weight excluding hydrogens is 138 g/mol. The maximum absolute atomic E-state index is 9.35. The van der Waals surface area contributed by atoms with Gasteiger partial charge in [-0.3, -0.25) is 5.41 Å². The van der Waals surface area contributed by atoms with E-state index >= 15 is 0 Å². The van der Waals surface area contributed by atoms with Gasteiger partial charge in [0.1, 0.15) is 0 Å². The minimum Gasteiger partial charge on any atom is -0.475 e. The van der Waals surface area contributed by atoms with E-state index in [9.17, 15) is 4.79 Å². The first-order valence-corrected chi connectivity index (χ1v) is 2.31. The van der Waals surface area contributed by atoms with Gasteiger partial charge < -0.3 is 16.0 Å². The number of nitrogens with two attached hydrogens (primary N) is 1. The van der Waals surface area contributed by atoms with Gasteiger partial charge in [0.25, 0.3) is 0 Å². The van der Waals surface area contributed by atoms with Crippen molar-refractivity contribution < 1.29 is 15.1 Å². The van der Waals surface area contributed by atoms with Gasteiger partial charge in [0.15, 0.2) is 0 Å². The molecule has 0 atom stereocenters. The Bertz CT molecular complexity index is 108. The van der Waals surface area contributed by atoms with Crippen molar-refractivity contribution >= 4 is 11.8 Å². The molecule has 0 aliphatic heterocycles. The van der Waals surface area contributed by atoms with Crippen LogP contribution in [0.25, 0.3) is 0 Å². The van der Waals surface area contributed by atoms with Crippen LogP contribution in [0.5, 0.6) is 0 Å². The summed E-state index contributed by atoms with van der Waals surface area (Å²) in [6.45, 7) is 0. The second-order valence-electron chi connectivity index (χ2n) is 1.57. The van der Waals surface area contributed by atoms with Crippen molar-refractivity contribution in [2.45, 2.75) is 0 Å².